The Balaban J connectivity index is 1.47. The molecule has 0 unspecified atom stereocenters. The van der Waals surface area contributed by atoms with E-state index < -0.39 is 27.6 Å². The molecule has 184 valence electrons. The minimum absolute atomic E-state index is 0.0903. The number of ketones is 1. The summed E-state index contributed by atoms with van der Waals surface area (Å²) in [7, 11) is -3.74. The van der Waals surface area contributed by atoms with E-state index in [1.807, 2.05) is 37.3 Å². The number of sulfone groups is 1. The van der Waals surface area contributed by atoms with Crippen molar-refractivity contribution < 1.29 is 27.9 Å². The molecule has 0 spiro atoms. The van der Waals surface area contributed by atoms with Gasteiger partial charge in [0.25, 0.3) is 0 Å². The van der Waals surface area contributed by atoms with Crippen LogP contribution in [0.4, 0.5) is 0 Å². The molecule has 0 bridgehead atoms. The molecule has 1 amide bonds. The van der Waals surface area contributed by atoms with E-state index in [0.29, 0.717) is 12.4 Å². The number of carbonyl (C=O) groups excluding carboxylic acids is 2. The summed E-state index contributed by atoms with van der Waals surface area (Å²) in [5, 5.41) is 10.1. The number of benzene rings is 2. The van der Waals surface area contributed by atoms with Crippen molar-refractivity contribution in [3.63, 3.8) is 0 Å². The molecule has 0 saturated carbocycles. The fraction of sp³-hybridized carbons (Fsp3) is 0.346. The Morgan fingerprint density at radius 3 is 2.46 bits per heavy atom. The predicted octanol–water partition coefficient (Wildman–Crippen LogP) is 2.70. The molecule has 4 rings (SSSR count). The number of hydrogen-bond donors (Lipinski definition) is 1. The maximum absolute atomic E-state index is 13.1. The number of hydrogen-bond acceptors (Lipinski definition) is 7. The number of amides is 1. The van der Waals surface area contributed by atoms with E-state index in [1.165, 1.54) is 24.0 Å². The first-order valence-corrected chi connectivity index (χ1v) is 12.9. The highest BCUT2D eigenvalue weighted by Gasteiger charge is 2.48. The number of nitrogens with zero attached hydrogens (tertiary/aromatic N) is 2. The first-order valence-electron chi connectivity index (χ1n) is 11.3. The quantitative estimate of drug-likeness (QED) is 0.484. The molecule has 1 saturated heterocycles. The topological polar surface area (TPSA) is 114 Å². The molecular weight excluding hydrogens is 468 g/mol. The number of carbonyl (C=O) groups is 2. The minimum Gasteiger partial charge on any atom is -0.489 e. The Hall–Kier alpha value is -3.30. The summed E-state index contributed by atoms with van der Waals surface area (Å²) < 4.78 is 32.2. The third-order valence-corrected chi connectivity index (χ3v) is 8.23. The molecule has 1 aliphatic rings. The number of aliphatic hydroxyl groups excluding tert-OH is 1. The zero-order chi connectivity index (χ0) is 25.2. The van der Waals surface area contributed by atoms with Crippen LogP contribution in [0.25, 0.3) is 10.9 Å². The van der Waals surface area contributed by atoms with Crippen LogP contribution in [0.15, 0.2) is 59.5 Å². The highest BCUT2D eigenvalue weighted by molar-refractivity contribution is 7.91. The molecule has 1 aromatic heterocycles. The lowest BCUT2D eigenvalue weighted by molar-refractivity contribution is -0.143. The summed E-state index contributed by atoms with van der Waals surface area (Å²) in [6, 6.07) is 16.0. The summed E-state index contributed by atoms with van der Waals surface area (Å²) in [5.74, 6) is -0.365. The summed E-state index contributed by atoms with van der Waals surface area (Å²) >= 11 is 0. The molecule has 0 radical (unpaired) electrons. The van der Waals surface area contributed by atoms with Gasteiger partial charge in [-0.05, 0) is 43.3 Å². The summed E-state index contributed by atoms with van der Waals surface area (Å²) in [5.41, 5.74) is 1.87. The fourth-order valence-corrected chi connectivity index (χ4v) is 6.43. The molecule has 1 fully saturated rings. The number of ether oxygens (including phenoxy) is 1. The zero-order valence-electron chi connectivity index (χ0n) is 19.7. The van der Waals surface area contributed by atoms with Crippen LogP contribution in [-0.2, 0) is 26.0 Å². The highest BCUT2D eigenvalue weighted by atomic mass is 32.2. The maximum atomic E-state index is 13.1. The van der Waals surface area contributed by atoms with Crippen LogP contribution in [0.3, 0.4) is 0 Å². The van der Waals surface area contributed by atoms with Crippen molar-refractivity contribution in [1.82, 2.24) is 9.88 Å². The van der Waals surface area contributed by atoms with Crippen molar-refractivity contribution in [3.05, 3.63) is 65.9 Å². The van der Waals surface area contributed by atoms with Gasteiger partial charge >= 0.3 is 0 Å². The van der Waals surface area contributed by atoms with Crippen molar-refractivity contribution in [2.24, 2.45) is 5.41 Å². The lowest BCUT2D eigenvalue weighted by Gasteiger charge is -2.49. The Morgan fingerprint density at radius 2 is 1.80 bits per heavy atom. The average Bonchev–Trinajstić information content (AvgIpc) is 2.80. The van der Waals surface area contributed by atoms with Gasteiger partial charge in [-0.25, -0.2) is 8.42 Å². The Labute approximate surface area is 204 Å². The molecule has 0 atom stereocenters. The number of aliphatic hydroxyl groups is 1. The summed E-state index contributed by atoms with van der Waals surface area (Å²) in [6.07, 6.45) is -0.0903. The second kappa shape index (κ2) is 9.75. The summed E-state index contributed by atoms with van der Waals surface area (Å²) in [6.45, 7) is 3.33. The third-order valence-electron chi connectivity index (χ3n) is 6.25. The zero-order valence-corrected chi connectivity index (χ0v) is 20.5. The van der Waals surface area contributed by atoms with Crippen molar-refractivity contribution >= 4 is 32.4 Å². The molecule has 0 aliphatic carbocycles. The van der Waals surface area contributed by atoms with E-state index >= 15 is 0 Å². The second-order valence-corrected chi connectivity index (χ2v) is 11.2. The highest BCUT2D eigenvalue weighted by Crippen LogP contribution is 2.37. The summed E-state index contributed by atoms with van der Waals surface area (Å²) in [4.78, 5) is 29.7. The monoisotopic (exact) mass is 496 g/mol. The minimum atomic E-state index is -3.74. The standard InChI is InChI=1S/C26H28N2O6S/c1-18-11-20(24-5-3-4-6-25(24)27-18)14-34-22-7-9-23(10-8-22)35(32,33)17-26(12-21(31)13-29)15-28(16-26)19(2)30/h3-11,29H,12-17H2,1-2H3. The predicted molar refractivity (Wildman–Crippen MR) is 131 cm³/mol. The number of fused-ring (bicyclic) bond motifs is 1. The number of pyridine rings is 1. The Bertz CT molecular complexity index is 1360. The van der Waals surface area contributed by atoms with E-state index in [9.17, 15) is 18.0 Å². The van der Waals surface area contributed by atoms with Gasteiger partial charge in [0.1, 0.15) is 19.0 Å². The largest absolute Gasteiger partial charge is 0.489 e. The van der Waals surface area contributed by atoms with Gasteiger partial charge in [0.15, 0.2) is 15.6 Å². The molecule has 2 heterocycles. The van der Waals surface area contributed by atoms with Crippen LogP contribution in [0.1, 0.15) is 24.6 Å². The van der Waals surface area contributed by atoms with E-state index in [2.05, 4.69) is 4.98 Å². The average molecular weight is 497 g/mol. The number of likely N-dealkylation sites (tertiary alicyclic amines) is 1. The van der Waals surface area contributed by atoms with Crippen molar-refractivity contribution in [3.8, 4) is 5.75 Å². The van der Waals surface area contributed by atoms with E-state index in [-0.39, 0.29) is 36.1 Å². The molecule has 8 nitrogen and oxygen atoms in total. The van der Waals surface area contributed by atoms with Gasteiger partial charge in [0.2, 0.25) is 5.91 Å². The second-order valence-electron chi connectivity index (χ2n) is 9.21. The van der Waals surface area contributed by atoms with Crippen LogP contribution in [0, 0.1) is 12.3 Å². The lowest BCUT2D eigenvalue weighted by atomic mass is 9.77. The number of para-hydroxylation sites is 1. The van der Waals surface area contributed by atoms with Gasteiger partial charge in [-0.15, -0.1) is 0 Å². The SMILES string of the molecule is CC(=O)N1CC(CC(=O)CO)(CS(=O)(=O)c2ccc(OCc3cc(C)nc4ccccc34)cc2)C1. The molecule has 9 heteroatoms. The van der Waals surface area contributed by atoms with Crippen molar-refractivity contribution in [1.29, 1.82) is 0 Å². The number of rotatable bonds is 9. The normalized spacial score (nSPS) is 15.0. The van der Waals surface area contributed by atoms with Crippen LogP contribution < -0.4 is 4.74 Å². The van der Waals surface area contributed by atoms with E-state index in [4.69, 9.17) is 9.84 Å². The fourth-order valence-electron chi connectivity index (χ4n) is 4.62. The molecule has 1 aliphatic heterocycles. The smallest absolute Gasteiger partial charge is 0.219 e. The number of Topliss-reactive ketones (excluding diaryl/α,β-unsaturated/α-hetero) is 1. The molecule has 1 N–H and O–H groups in total. The first kappa shape index (κ1) is 24.8. The number of aromatic nitrogens is 1. The maximum Gasteiger partial charge on any atom is 0.219 e. The Kier molecular flexibility index (Phi) is 6.91. The third kappa shape index (κ3) is 5.52. The van der Waals surface area contributed by atoms with Crippen LogP contribution in [0.5, 0.6) is 5.75 Å². The van der Waals surface area contributed by atoms with E-state index in [0.717, 1.165) is 22.2 Å². The van der Waals surface area contributed by atoms with Crippen LogP contribution in [0.2, 0.25) is 0 Å². The van der Waals surface area contributed by atoms with E-state index in [1.54, 1.807) is 12.1 Å². The van der Waals surface area contributed by atoms with Gasteiger partial charge < -0.3 is 14.7 Å². The van der Waals surface area contributed by atoms with Crippen molar-refractivity contribution in [2.75, 3.05) is 25.4 Å². The van der Waals surface area contributed by atoms with Gasteiger partial charge in [-0.2, -0.15) is 0 Å². The molecule has 3 aromatic rings. The van der Waals surface area contributed by atoms with Crippen LogP contribution >= 0.6 is 0 Å². The lowest BCUT2D eigenvalue weighted by Crippen LogP contribution is -2.61. The Morgan fingerprint density at radius 1 is 1.11 bits per heavy atom. The van der Waals surface area contributed by atoms with Gasteiger partial charge in [0, 0.05) is 48.5 Å². The van der Waals surface area contributed by atoms with Crippen LogP contribution in [-0.4, -0.2) is 60.5 Å². The van der Waals surface area contributed by atoms with Gasteiger partial charge in [-0.1, -0.05) is 18.2 Å². The van der Waals surface area contributed by atoms with Gasteiger partial charge in [0.05, 0.1) is 16.2 Å². The van der Waals surface area contributed by atoms with Gasteiger partial charge in [-0.3, -0.25) is 14.6 Å². The molecule has 2 aromatic carbocycles. The van der Waals surface area contributed by atoms with Crippen molar-refractivity contribution in [2.45, 2.75) is 31.8 Å². The molecule has 35 heavy (non-hydrogen) atoms. The number of aryl methyl sites for hydroxylation is 1. The molecular formula is C26H28N2O6S. The first-order chi connectivity index (χ1) is 16.6.